The van der Waals surface area contributed by atoms with E-state index in [1.54, 1.807) is 18.2 Å². The first kappa shape index (κ1) is 13.6. The molecule has 0 saturated heterocycles. The van der Waals surface area contributed by atoms with Crippen LogP contribution in [-0.4, -0.2) is 6.54 Å². The molecule has 0 aliphatic heterocycles. The molecule has 0 aromatic heterocycles. The second-order valence-electron chi connectivity index (χ2n) is 4.36. The van der Waals surface area contributed by atoms with Crippen molar-refractivity contribution in [3.63, 3.8) is 0 Å². The first-order valence-corrected chi connectivity index (χ1v) is 6.01. The molecular formula is C15H14F3N. The molecule has 2 aromatic rings. The van der Waals surface area contributed by atoms with E-state index in [4.69, 9.17) is 5.73 Å². The summed E-state index contributed by atoms with van der Waals surface area (Å²) in [7, 11) is 0. The molecule has 0 saturated carbocycles. The van der Waals surface area contributed by atoms with E-state index in [0.717, 1.165) is 0 Å². The fourth-order valence-electron chi connectivity index (χ4n) is 2.10. The summed E-state index contributed by atoms with van der Waals surface area (Å²) >= 11 is 0. The molecule has 0 aliphatic rings. The molecule has 0 radical (unpaired) electrons. The molecule has 1 nitrogen and oxygen atoms in total. The summed E-state index contributed by atoms with van der Waals surface area (Å²) in [6.45, 7) is 0.120. The Morgan fingerprint density at radius 3 is 2.00 bits per heavy atom. The van der Waals surface area contributed by atoms with Crippen LogP contribution >= 0.6 is 0 Å². The standard InChI is InChI=1S/C15H14F3N/c16-13-5-2-1-4-11(13)10(9-19)8-12-14(17)6-3-7-15(12)18/h1-7,10H,8-9,19H2. The van der Waals surface area contributed by atoms with Crippen molar-refractivity contribution in [2.75, 3.05) is 6.54 Å². The third kappa shape index (κ3) is 2.96. The van der Waals surface area contributed by atoms with Crippen molar-refractivity contribution in [2.24, 2.45) is 5.73 Å². The maximum absolute atomic E-state index is 13.7. The van der Waals surface area contributed by atoms with Gasteiger partial charge in [0, 0.05) is 11.5 Å². The van der Waals surface area contributed by atoms with Crippen molar-refractivity contribution in [3.05, 3.63) is 71.0 Å². The summed E-state index contributed by atoms with van der Waals surface area (Å²) in [6, 6.07) is 9.82. The van der Waals surface area contributed by atoms with E-state index in [2.05, 4.69) is 0 Å². The van der Waals surface area contributed by atoms with Crippen LogP contribution in [0.4, 0.5) is 13.2 Å². The normalized spacial score (nSPS) is 12.4. The zero-order chi connectivity index (χ0) is 13.8. The molecule has 2 aromatic carbocycles. The van der Waals surface area contributed by atoms with Gasteiger partial charge < -0.3 is 5.73 Å². The van der Waals surface area contributed by atoms with E-state index in [1.165, 1.54) is 24.3 Å². The molecule has 0 spiro atoms. The average Bonchev–Trinajstić information content (AvgIpc) is 2.40. The minimum Gasteiger partial charge on any atom is -0.330 e. The Bertz CT molecular complexity index is 549. The van der Waals surface area contributed by atoms with Crippen LogP contribution in [-0.2, 0) is 6.42 Å². The average molecular weight is 265 g/mol. The van der Waals surface area contributed by atoms with Gasteiger partial charge in [-0.15, -0.1) is 0 Å². The number of hydrogen-bond acceptors (Lipinski definition) is 1. The van der Waals surface area contributed by atoms with Gasteiger partial charge in [-0.2, -0.15) is 0 Å². The van der Waals surface area contributed by atoms with E-state index in [0.29, 0.717) is 5.56 Å². The molecule has 1 atom stereocenters. The van der Waals surface area contributed by atoms with E-state index >= 15 is 0 Å². The molecular weight excluding hydrogens is 251 g/mol. The van der Waals surface area contributed by atoms with Crippen LogP contribution in [0.2, 0.25) is 0 Å². The van der Waals surface area contributed by atoms with Crippen LogP contribution in [0.25, 0.3) is 0 Å². The quantitative estimate of drug-likeness (QED) is 0.901. The number of halogens is 3. The zero-order valence-corrected chi connectivity index (χ0v) is 10.2. The predicted molar refractivity (Wildman–Crippen MR) is 68.3 cm³/mol. The SMILES string of the molecule is NCC(Cc1c(F)cccc1F)c1ccccc1F. The Morgan fingerprint density at radius 2 is 1.42 bits per heavy atom. The van der Waals surface area contributed by atoms with Gasteiger partial charge >= 0.3 is 0 Å². The monoisotopic (exact) mass is 265 g/mol. The van der Waals surface area contributed by atoms with E-state index in [1.807, 2.05) is 0 Å². The number of rotatable bonds is 4. The van der Waals surface area contributed by atoms with Gasteiger partial charge in [0.25, 0.3) is 0 Å². The van der Waals surface area contributed by atoms with Crippen molar-refractivity contribution in [3.8, 4) is 0 Å². The van der Waals surface area contributed by atoms with Gasteiger partial charge in [-0.05, 0) is 36.7 Å². The maximum atomic E-state index is 13.7. The summed E-state index contributed by atoms with van der Waals surface area (Å²) in [5.74, 6) is -2.12. The van der Waals surface area contributed by atoms with Gasteiger partial charge in [0.1, 0.15) is 17.5 Å². The molecule has 0 aliphatic carbocycles. The minimum absolute atomic E-state index is 0.0376. The fraction of sp³-hybridized carbons (Fsp3) is 0.200. The molecule has 0 fully saturated rings. The summed E-state index contributed by atoms with van der Waals surface area (Å²) in [5.41, 5.74) is 5.94. The highest BCUT2D eigenvalue weighted by atomic mass is 19.1. The van der Waals surface area contributed by atoms with Crippen molar-refractivity contribution < 1.29 is 13.2 Å². The van der Waals surface area contributed by atoms with Gasteiger partial charge in [0.2, 0.25) is 0 Å². The van der Waals surface area contributed by atoms with E-state index in [-0.39, 0.29) is 18.5 Å². The lowest BCUT2D eigenvalue weighted by Gasteiger charge is -2.16. The molecule has 0 amide bonds. The first-order valence-electron chi connectivity index (χ1n) is 6.01. The van der Waals surface area contributed by atoms with Gasteiger partial charge in [-0.3, -0.25) is 0 Å². The third-order valence-electron chi connectivity index (χ3n) is 3.14. The molecule has 19 heavy (non-hydrogen) atoms. The van der Waals surface area contributed by atoms with E-state index < -0.39 is 23.4 Å². The molecule has 1 unspecified atom stereocenters. The molecule has 2 N–H and O–H groups in total. The summed E-state index contributed by atoms with van der Waals surface area (Å²) in [6.07, 6.45) is 0.0376. The van der Waals surface area contributed by atoms with Crippen molar-refractivity contribution in [1.82, 2.24) is 0 Å². The summed E-state index contributed by atoms with van der Waals surface area (Å²) < 4.78 is 40.9. The molecule has 2 rings (SSSR count). The highest BCUT2D eigenvalue weighted by molar-refractivity contribution is 5.27. The largest absolute Gasteiger partial charge is 0.330 e. The second-order valence-corrected chi connectivity index (χ2v) is 4.36. The van der Waals surface area contributed by atoms with E-state index in [9.17, 15) is 13.2 Å². The number of benzene rings is 2. The Hall–Kier alpha value is -1.81. The van der Waals surface area contributed by atoms with Crippen LogP contribution in [0, 0.1) is 17.5 Å². The van der Waals surface area contributed by atoms with Crippen molar-refractivity contribution in [2.45, 2.75) is 12.3 Å². The Morgan fingerprint density at radius 1 is 0.842 bits per heavy atom. The van der Waals surface area contributed by atoms with Crippen LogP contribution < -0.4 is 5.73 Å². The van der Waals surface area contributed by atoms with Crippen LogP contribution in [0.15, 0.2) is 42.5 Å². The minimum atomic E-state index is -0.630. The van der Waals surface area contributed by atoms with Gasteiger partial charge in [0.05, 0.1) is 0 Å². The Kier molecular flexibility index (Phi) is 4.22. The van der Waals surface area contributed by atoms with Crippen molar-refractivity contribution in [1.29, 1.82) is 0 Å². The maximum Gasteiger partial charge on any atom is 0.129 e. The fourth-order valence-corrected chi connectivity index (χ4v) is 2.10. The highest BCUT2D eigenvalue weighted by Crippen LogP contribution is 2.25. The molecule has 0 bridgehead atoms. The lowest BCUT2D eigenvalue weighted by molar-refractivity contribution is 0.526. The van der Waals surface area contributed by atoms with Crippen LogP contribution in [0.3, 0.4) is 0 Å². The second kappa shape index (κ2) is 5.89. The highest BCUT2D eigenvalue weighted by Gasteiger charge is 2.18. The predicted octanol–water partition coefficient (Wildman–Crippen LogP) is 3.39. The number of nitrogens with two attached hydrogens (primary N) is 1. The first-order chi connectivity index (χ1) is 9.13. The molecule has 100 valence electrons. The van der Waals surface area contributed by atoms with Crippen LogP contribution in [0.5, 0.6) is 0 Å². The summed E-state index contributed by atoms with van der Waals surface area (Å²) in [5, 5.41) is 0. The molecule has 4 heteroatoms. The Labute approximate surface area is 109 Å². The zero-order valence-electron chi connectivity index (χ0n) is 10.2. The Balaban J connectivity index is 2.32. The summed E-state index contributed by atoms with van der Waals surface area (Å²) in [4.78, 5) is 0. The lowest BCUT2D eigenvalue weighted by Crippen LogP contribution is -2.17. The smallest absolute Gasteiger partial charge is 0.129 e. The number of hydrogen-bond donors (Lipinski definition) is 1. The molecule has 0 heterocycles. The lowest BCUT2D eigenvalue weighted by atomic mass is 9.91. The van der Waals surface area contributed by atoms with Crippen LogP contribution in [0.1, 0.15) is 17.0 Å². The van der Waals surface area contributed by atoms with Gasteiger partial charge in [-0.25, -0.2) is 13.2 Å². The van der Waals surface area contributed by atoms with Gasteiger partial charge in [-0.1, -0.05) is 24.3 Å². The third-order valence-corrected chi connectivity index (χ3v) is 3.14. The van der Waals surface area contributed by atoms with Gasteiger partial charge in [0.15, 0.2) is 0 Å². The topological polar surface area (TPSA) is 26.0 Å². The van der Waals surface area contributed by atoms with Crippen molar-refractivity contribution >= 4 is 0 Å².